The first-order valence-corrected chi connectivity index (χ1v) is 4.61. The second-order valence-corrected chi connectivity index (χ2v) is 3.77. The van der Waals surface area contributed by atoms with E-state index in [1.54, 1.807) is 20.1 Å². The molecule has 0 bridgehead atoms. The Kier molecular flexibility index (Phi) is 3.39. The molecule has 13 heavy (non-hydrogen) atoms. The monoisotopic (exact) mass is 180 g/mol. The number of ether oxygens (including phenoxy) is 1. The number of hydrogen-bond acceptors (Lipinski definition) is 2. The molecule has 1 rings (SSSR count). The molecule has 0 unspecified atom stereocenters. The van der Waals surface area contributed by atoms with E-state index in [4.69, 9.17) is 4.74 Å². The van der Waals surface area contributed by atoms with Gasteiger partial charge in [-0.25, -0.2) is 0 Å². The summed E-state index contributed by atoms with van der Waals surface area (Å²) in [4.78, 5) is 0. The van der Waals surface area contributed by atoms with Gasteiger partial charge in [0.25, 0.3) is 0 Å². The standard InChI is InChI=1S/C11H16O2/c1-11(2,12)8-5-7-10-6-3-4-9-13-10/h4,9-10,12H,3,6-7H2,1-2H3/t10-/m0/s1. The minimum Gasteiger partial charge on any atom is -0.497 e. The van der Waals surface area contributed by atoms with Crippen LogP contribution in [0.5, 0.6) is 0 Å². The minimum atomic E-state index is -0.884. The quantitative estimate of drug-likeness (QED) is 0.624. The average molecular weight is 180 g/mol. The molecule has 1 heterocycles. The van der Waals surface area contributed by atoms with Gasteiger partial charge < -0.3 is 9.84 Å². The summed E-state index contributed by atoms with van der Waals surface area (Å²) in [6, 6.07) is 0. The minimum absolute atomic E-state index is 0.208. The third-order valence-corrected chi connectivity index (χ3v) is 1.75. The summed E-state index contributed by atoms with van der Waals surface area (Å²) in [5, 5.41) is 9.32. The molecule has 0 saturated carbocycles. The molecule has 0 aromatic heterocycles. The van der Waals surface area contributed by atoms with Crippen molar-refractivity contribution in [3.05, 3.63) is 12.3 Å². The van der Waals surface area contributed by atoms with Crippen molar-refractivity contribution in [2.45, 2.75) is 44.8 Å². The molecule has 1 aliphatic heterocycles. The SMILES string of the molecule is CC(C)(O)C#CC[C@@H]1CCC=CO1. The van der Waals surface area contributed by atoms with E-state index in [2.05, 4.69) is 11.8 Å². The van der Waals surface area contributed by atoms with Gasteiger partial charge in [0, 0.05) is 6.42 Å². The molecule has 1 N–H and O–H groups in total. The lowest BCUT2D eigenvalue weighted by Gasteiger charge is -2.16. The van der Waals surface area contributed by atoms with Crippen molar-refractivity contribution >= 4 is 0 Å². The normalized spacial score (nSPS) is 21.6. The Morgan fingerprint density at radius 2 is 2.38 bits per heavy atom. The van der Waals surface area contributed by atoms with Crippen molar-refractivity contribution in [3.8, 4) is 11.8 Å². The summed E-state index contributed by atoms with van der Waals surface area (Å²) in [5.74, 6) is 5.71. The number of allylic oxidation sites excluding steroid dienone is 1. The van der Waals surface area contributed by atoms with Crippen molar-refractivity contribution in [1.29, 1.82) is 0 Å². The maximum absolute atomic E-state index is 9.32. The van der Waals surface area contributed by atoms with Gasteiger partial charge in [-0.1, -0.05) is 11.8 Å². The third kappa shape index (κ3) is 4.59. The molecule has 2 nitrogen and oxygen atoms in total. The van der Waals surface area contributed by atoms with Crippen LogP contribution < -0.4 is 0 Å². The van der Waals surface area contributed by atoms with Gasteiger partial charge in [0.1, 0.15) is 11.7 Å². The lowest BCUT2D eigenvalue weighted by molar-refractivity contribution is 0.127. The van der Waals surface area contributed by atoms with E-state index in [0.29, 0.717) is 6.42 Å². The fraction of sp³-hybridized carbons (Fsp3) is 0.636. The molecule has 0 aromatic carbocycles. The zero-order chi connectivity index (χ0) is 9.73. The molecular weight excluding hydrogens is 164 g/mol. The third-order valence-electron chi connectivity index (χ3n) is 1.75. The average Bonchev–Trinajstić information content (AvgIpc) is 2.04. The fourth-order valence-electron chi connectivity index (χ4n) is 1.12. The summed E-state index contributed by atoms with van der Waals surface area (Å²) >= 11 is 0. The molecule has 0 aromatic rings. The highest BCUT2D eigenvalue weighted by atomic mass is 16.5. The van der Waals surface area contributed by atoms with E-state index in [1.807, 2.05) is 6.08 Å². The first kappa shape index (κ1) is 10.1. The van der Waals surface area contributed by atoms with Crippen molar-refractivity contribution in [1.82, 2.24) is 0 Å². The van der Waals surface area contributed by atoms with Crippen LogP contribution in [0.25, 0.3) is 0 Å². The molecule has 1 atom stereocenters. The maximum atomic E-state index is 9.32. The van der Waals surface area contributed by atoms with Crippen LogP contribution in [0, 0.1) is 11.8 Å². The Labute approximate surface area is 79.6 Å². The Morgan fingerprint density at radius 1 is 1.62 bits per heavy atom. The van der Waals surface area contributed by atoms with Crippen LogP contribution in [-0.2, 0) is 4.74 Å². The first-order valence-electron chi connectivity index (χ1n) is 4.61. The van der Waals surface area contributed by atoms with Gasteiger partial charge in [0.05, 0.1) is 6.26 Å². The van der Waals surface area contributed by atoms with Crippen LogP contribution >= 0.6 is 0 Å². The molecule has 0 spiro atoms. The van der Waals surface area contributed by atoms with Gasteiger partial charge >= 0.3 is 0 Å². The predicted molar refractivity (Wildman–Crippen MR) is 51.9 cm³/mol. The first-order chi connectivity index (χ1) is 6.08. The molecule has 0 saturated heterocycles. The highest BCUT2D eigenvalue weighted by Crippen LogP contribution is 2.12. The molecule has 1 aliphatic rings. The summed E-state index contributed by atoms with van der Waals surface area (Å²) in [6.07, 6.45) is 6.75. The molecule has 72 valence electrons. The Morgan fingerprint density at radius 3 is 2.92 bits per heavy atom. The fourth-order valence-corrected chi connectivity index (χ4v) is 1.12. The second kappa shape index (κ2) is 4.34. The summed E-state index contributed by atoms with van der Waals surface area (Å²) < 4.78 is 5.33. The van der Waals surface area contributed by atoms with Crippen LogP contribution in [-0.4, -0.2) is 16.8 Å². The van der Waals surface area contributed by atoms with E-state index in [0.717, 1.165) is 12.8 Å². The molecule has 2 heteroatoms. The van der Waals surface area contributed by atoms with Crippen LogP contribution in [0.15, 0.2) is 12.3 Å². The van der Waals surface area contributed by atoms with Crippen molar-refractivity contribution < 1.29 is 9.84 Å². The van der Waals surface area contributed by atoms with E-state index >= 15 is 0 Å². The lowest BCUT2D eigenvalue weighted by atomic mass is 10.1. The smallest absolute Gasteiger partial charge is 0.119 e. The van der Waals surface area contributed by atoms with Crippen molar-refractivity contribution in [3.63, 3.8) is 0 Å². The van der Waals surface area contributed by atoms with Gasteiger partial charge in [-0.2, -0.15) is 0 Å². The molecule has 0 radical (unpaired) electrons. The maximum Gasteiger partial charge on any atom is 0.119 e. The van der Waals surface area contributed by atoms with Gasteiger partial charge in [0.2, 0.25) is 0 Å². The number of rotatable bonds is 1. The molecule has 0 aliphatic carbocycles. The summed E-state index contributed by atoms with van der Waals surface area (Å²) in [5.41, 5.74) is -0.884. The molecule has 0 fully saturated rings. The van der Waals surface area contributed by atoms with E-state index in [-0.39, 0.29) is 6.10 Å². The van der Waals surface area contributed by atoms with E-state index in [1.165, 1.54) is 0 Å². The summed E-state index contributed by atoms with van der Waals surface area (Å²) in [6.45, 7) is 3.36. The van der Waals surface area contributed by atoms with Gasteiger partial charge in [-0.15, -0.1) is 0 Å². The highest BCUT2D eigenvalue weighted by molar-refractivity contribution is 5.11. The van der Waals surface area contributed by atoms with Gasteiger partial charge in [0.15, 0.2) is 0 Å². The zero-order valence-electron chi connectivity index (χ0n) is 8.21. The van der Waals surface area contributed by atoms with Crippen molar-refractivity contribution in [2.24, 2.45) is 0 Å². The van der Waals surface area contributed by atoms with E-state index < -0.39 is 5.60 Å². The Hall–Kier alpha value is -0.940. The molecular formula is C11H16O2. The van der Waals surface area contributed by atoms with Crippen molar-refractivity contribution in [2.75, 3.05) is 0 Å². The number of hydrogen-bond donors (Lipinski definition) is 1. The van der Waals surface area contributed by atoms with E-state index in [9.17, 15) is 5.11 Å². The van der Waals surface area contributed by atoms with Gasteiger partial charge in [-0.3, -0.25) is 0 Å². The van der Waals surface area contributed by atoms with Gasteiger partial charge in [-0.05, 0) is 32.8 Å². The Balaban J connectivity index is 2.32. The highest BCUT2D eigenvalue weighted by Gasteiger charge is 2.10. The summed E-state index contributed by atoms with van der Waals surface area (Å²) in [7, 11) is 0. The molecule has 0 amide bonds. The van der Waals surface area contributed by atoms with Crippen LogP contribution in [0.1, 0.15) is 33.1 Å². The zero-order valence-corrected chi connectivity index (χ0v) is 8.21. The van der Waals surface area contributed by atoms with Crippen LogP contribution in [0.2, 0.25) is 0 Å². The van der Waals surface area contributed by atoms with Crippen LogP contribution in [0.4, 0.5) is 0 Å². The second-order valence-electron chi connectivity index (χ2n) is 3.77. The lowest BCUT2D eigenvalue weighted by Crippen LogP contribution is -2.16. The number of aliphatic hydroxyl groups is 1. The topological polar surface area (TPSA) is 29.5 Å². The Bertz CT molecular complexity index is 237. The predicted octanol–water partition coefficient (Wildman–Crippen LogP) is 1.84. The van der Waals surface area contributed by atoms with Crippen LogP contribution in [0.3, 0.4) is 0 Å². The largest absolute Gasteiger partial charge is 0.497 e.